The number of aliphatic hydroxyl groups is 1. The molecule has 0 aliphatic heterocycles. The van der Waals surface area contributed by atoms with Gasteiger partial charge < -0.3 is 15.9 Å². The number of aliphatic carboxylic acids is 1. The van der Waals surface area contributed by atoms with Gasteiger partial charge in [0.05, 0.1) is 6.10 Å². The highest BCUT2D eigenvalue weighted by molar-refractivity contribution is 5.79. The molecular weight excluding hydrogens is 158 g/mol. The molecule has 0 saturated carbocycles. The second-order valence-corrected chi connectivity index (χ2v) is 3.62. The Bertz CT molecular complexity index is 168. The number of hydrogen-bond acceptors (Lipinski definition) is 3. The summed E-state index contributed by atoms with van der Waals surface area (Å²) in [4.78, 5) is 10.7. The van der Waals surface area contributed by atoms with Crippen molar-refractivity contribution in [2.24, 2.45) is 11.7 Å². The third kappa shape index (κ3) is 2.46. The van der Waals surface area contributed by atoms with Crippen LogP contribution in [0.25, 0.3) is 0 Å². The third-order valence-electron chi connectivity index (χ3n) is 1.89. The fourth-order valence-electron chi connectivity index (χ4n) is 1.11. The van der Waals surface area contributed by atoms with Crippen LogP contribution in [-0.2, 0) is 4.79 Å². The quantitative estimate of drug-likeness (QED) is 0.569. The maximum atomic E-state index is 10.7. The standard InChI is InChI=1S/C8H17NO3/c1-5(2)4-8(9,6(3)10)7(11)12/h5-6,10H,4,9H2,1-3H3,(H,11,12). The van der Waals surface area contributed by atoms with Crippen molar-refractivity contribution in [1.29, 1.82) is 0 Å². The molecule has 0 spiro atoms. The lowest BCUT2D eigenvalue weighted by molar-refractivity contribution is -0.148. The van der Waals surface area contributed by atoms with Crippen LogP contribution in [0.5, 0.6) is 0 Å². The molecule has 0 aromatic rings. The first kappa shape index (κ1) is 11.4. The van der Waals surface area contributed by atoms with Crippen molar-refractivity contribution in [1.82, 2.24) is 0 Å². The molecule has 0 amide bonds. The maximum absolute atomic E-state index is 10.7. The van der Waals surface area contributed by atoms with Crippen molar-refractivity contribution in [3.05, 3.63) is 0 Å². The van der Waals surface area contributed by atoms with E-state index < -0.39 is 17.6 Å². The Morgan fingerprint density at radius 1 is 1.50 bits per heavy atom. The molecule has 0 fully saturated rings. The zero-order valence-electron chi connectivity index (χ0n) is 7.74. The van der Waals surface area contributed by atoms with Gasteiger partial charge in [-0.2, -0.15) is 0 Å². The van der Waals surface area contributed by atoms with E-state index >= 15 is 0 Å². The lowest BCUT2D eigenvalue weighted by atomic mass is 9.85. The summed E-state index contributed by atoms with van der Waals surface area (Å²) in [6, 6.07) is 0. The molecule has 0 heterocycles. The van der Waals surface area contributed by atoms with E-state index in [9.17, 15) is 9.90 Å². The molecule has 0 aliphatic rings. The van der Waals surface area contributed by atoms with Crippen molar-refractivity contribution in [3.8, 4) is 0 Å². The largest absolute Gasteiger partial charge is 0.480 e. The van der Waals surface area contributed by atoms with E-state index in [4.69, 9.17) is 10.8 Å². The van der Waals surface area contributed by atoms with Gasteiger partial charge in [-0.25, -0.2) is 0 Å². The number of carboxylic acid groups (broad SMARTS) is 1. The number of nitrogens with two attached hydrogens (primary N) is 1. The minimum Gasteiger partial charge on any atom is -0.480 e. The van der Waals surface area contributed by atoms with E-state index in [1.807, 2.05) is 13.8 Å². The summed E-state index contributed by atoms with van der Waals surface area (Å²) >= 11 is 0. The Kier molecular flexibility index (Phi) is 3.67. The topological polar surface area (TPSA) is 83.6 Å². The molecule has 0 saturated heterocycles. The summed E-state index contributed by atoms with van der Waals surface area (Å²) in [5.74, 6) is -0.994. The molecule has 2 atom stereocenters. The third-order valence-corrected chi connectivity index (χ3v) is 1.89. The van der Waals surface area contributed by atoms with Gasteiger partial charge in [0.25, 0.3) is 0 Å². The summed E-state index contributed by atoms with van der Waals surface area (Å²) in [6.07, 6.45) is -0.752. The highest BCUT2D eigenvalue weighted by Crippen LogP contribution is 2.18. The van der Waals surface area contributed by atoms with Gasteiger partial charge in [-0.15, -0.1) is 0 Å². The van der Waals surface area contributed by atoms with Crippen LogP contribution in [0.4, 0.5) is 0 Å². The van der Waals surface area contributed by atoms with E-state index in [-0.39, 0.29) is 12.3 Å². The molecule has 0 aromatic heterocycles. The highest BCUT2D eigenvalue weighted by atomic mass is 16.4. The monoisotopic (exact) mass is 175 g/mol. The molecule has 2 unspecified atom stereocenters. The van der Waals surface area contributed by atoms with Crippen molar-refractivity contribution in [2.45, 2.75) is 38.8 Å². The van der Waals surface area contributed by atoms with E-state index in [2.05, 4.69) is 0 Å². The predicted molar refractivity (Wildman–Crippen MR) is 45.7 cm³/mol. The van der Waals surface area contributed by atoms with Crippen LogP contribution in [0.15, 0.2) is 0 Å². The van der Waals surface area contributed by atoms with Crippen LogP contribution >= 0.6 is 0 Å². The predicted octanol–water partition coefficient (Wildman–Crippen LogP) is 0.195. The minimum atomic E-state index is -1.51. The van der Waals surface area contributed by atoms with E-state index in [0.717, 1.165) is 0 Å². The number of carbonyl (C=O) groups is 1. The Hall–Kier alpha value is -0.610. The van der Waals surface area contributed by atoms with Gasteiger partial charge in [-0.3, -0.25) is 4.79 Å². The summed E-state index contributed by atoms with van der Waals surface area (Å²) in [5.41, 5.74) is 4.03. The van der Waals surface area contributed by atoms with E-state index in [1.54, 1.807) is 0 Å². The molecule has 0 aromatic carbocycles. The zero-order valence-corrected chi connectivity index (χ0v) is 7.74. The first-order valence-electron chi connectivity index (χ1n) is 4.01. The highest BCUT2D eigenvalue weighted by Gasteiger charge is 2.39. The van der Waals surface area contributed by atoms with Gasteiger partial charge in [0.1, 0.15) is 5.54 Å². The summed E-state index contributed by atoms with van der Waals surface area (Å²) in [7, 11) is 0. The molecule has 72 valence electrons. The molecular formula is C8H17NO3. The van der Waals surface area contributed by atoms with Crippen LogP contribution in [0.3, 0.4) is 0 Å². The molecule has 0 rings (SSSR count). The SMILES string of the molecule is CC(C)CC(N)(C(=O)O)C(C)O. The minimum absolute atomic E-state index is 0.153. The Morgan fingerprint density at radius 2 is 1.92 bits per heavy atom. The summed E-state index contributed by atoms with van der Waals surface area (Å²) in [6.45, 7) is 5.14. The summed E-state index contributed by atoms with van der Waals surface area (Å²) in [5, 5.41) is 18.0. The second-order valence-electron chi connectivity index (χ2n) is 3.62. The average molecular weight is 175 g/mol. The van der Waals surface area contributed by atoms with Gasteiger partial charge in [0.2, 0.25) is 0 Å². The smallest absolute Gasteiger partial charge is 0.326 e. The molecule has 12 heavy (non-hydrogen) atoms. The van der Waals surface area contributed by atoms with E-state index in [1.165, 1.54) is 6.92 Å². The van der Waals surface area contributed by atoms with Gasteiger partial charge in [-0.1, -0.05) is 13.8 Å². The van der Waals surface area contributed by atoms with Crippen LogP contribution < -0.4 is 5.73 Å². The molecule has 4 N–H and O–H groups in total. The maximum Gasteiger partial charge on any atom is 0.326 e. The summed E-state index contributed by atoms with van der Waals surface area (Å²) < 4.78 is 0. The van der Waals surface area contributed by atoms with Gasteiger partial charge in [0, 0.05) is 0 Å². The van der Waals surface area contributed by atoms with Gasteiger partial charge in [0.15, 0.2) is 0 Å². The fraction of sp³-hybridized carbons (Fsp3) is 0.875. The number of hydrogen-bond donors (Lipinski definition) is 3. The average Bonchev–Trinajstić information content (AvgIpc) is 1.84. The fourth-order valence-corrected chi connectivity index (χ4v) is 1.11. The lowest BCUT2D eigenvalue weighted by Crippen LogP contribution is -2.57. The molecule has 4 heteroatoms. The number of carboxylic acids is 1. The van der Waals surface area contributed by atoms with Crippen LogP contribution in [0.1, 0.15) is 27.2 Å². The Morgan fingerprint density at radius 3 is 2.00 bits per heavy atom. The first-order valence-corrected chi connectivity index (χ1v) is 4.01. The lowest BCUT2D eigenvalue weighted by Gasteiger charge is -2.29. The normalized spacial score (nSPS) is 18.8. The second kappa shape index (κ2) is 3.87. The Balaban J connectivity index is 4.51. The van der Waals surface area contributed by atoms with Crippen molar-refractivity contribution in [2.75, 3.05) is 0 Å². The van der Waals surface area contributed by atoms with E-state index in [0.29, 0.717) is 0 Å². The van der Waals surface area contributed by atoms with Crippen LogP contribution in [0, 0.1) is 5.92 Å². The Labute approximate surface area is 72.4 Å². The van der Waals surface area contributed by atoms with Crippen LogP contribution in [-0.4, -0.2) is 27.8 Å². The molecule has 0 aliphatic carbocycles. The molecule has 0 bridgehead atoms. The molecule has 0 radical (unpaired) electrons. The first-order chi connectivity index (χ1) is 5.30. The number of aliphatic hydroxyl groups excluding tert-OH is 1. The van der Waals surface area contributed by atoms with Crippen molar-refractivity contribution < 1.29 is 15.0 Å². The number of rotatable bonds is 4. The molecule has 4 nitrogen and oxygen atoms in total. The van der Waals surface area contributed by atoms with Gasteiger partial charge >= 0.3 is 5.97 Å². The van der Waals surface area contributed by atoms with Crippen molar-refractivity contribution in [3.63, 3.8) is 0 Å². The van der Waals surface area contributed by atoms with Gasteiger partial charge in [-0.05, 0) is 19.3 Å². The zero-order chi connectivity index (χ0) is 9.94. The van der Waals surface area contributed by atoms with Crippen LogP contribution in [0.2, 0.25) is 0 Å². The van der Waals surface area contributed by atoms with Crippen molar-refractivity contribution >= 4 is 5.97 Å².